The number of carbonyl (C=O) groups is 2. The summed E-state index contributed by atoms with van der Waals surface area (Å²) in [4.78, 5) is 24.4. The van der Waals surface area contributed by atoms with Crippen LogP contribution >= 0.6 is 0 Å². The highest BCUT2D eigenvalue weighted by Crippen LogP contribution is 2.17. The predicted molar refractivity (Wildman–Crippen MR) is 107 cm³/mol. The molecule has 0 saturated heterocycles. The monoisotopic (exact) mass is 434 g/mol. The van der Waals surface area contributed by atoms with Gasteiger partial charge in [0.05, 0.1) is 18.6 Å². The molecule has 0 aliphatic heterocycles. The van der Waals surface area contributed by atoms with Crippen molar-refractivity contribution < 1.29 is 37.0 Å². The van der Waals surface area contributed by atoms with Crippen molar-refractivity contribution in [3.63, 3.8) is 0 Å². The molecule has 0 heterocycles. The molecule has 2 aromatic rings. The van der Waals surface area contributed by atoms with Crippen LogP contribution in [0.25, 0.3) is 12.2 Å². The fourth-order valence-corrected chi connectivity index (χ4v) is 2.44. The summed E-state index contributed by atoms with van der Waals surface area (Å²) in [7, 11) is 0. The SMILES string of the molecule is CCOC(=O)CC(C(=O)/C=C/c1ccc(F)c(F)c1)=C(O)/C=C/c1ccc(F)c(F)c1. The molecule has 0 aliphatic carbocycles. The highest BCUT2D eigenvalue weighted by atomic mass is 19.2. The van der Waals surface area contributed by atoms with Gasteiger partial charge in [-0.1, -0.05) is 24.3 Å². The van der Waals surface area contributed by atoms with E-state index < -0.39 is 47.2 Å². The van der Waals surface area contributed by atoms with Crippen molar-refractivity contribution >= 4 is 23.9 Å². The van der Waals surface area contributed by atoms with Crippen LogP contribution in [-0.4, -0.2) is 23.5 Å². The number of hydrogen-bond donors (Lipinski definition) is 1. The Morgan fingerprint density at radius 3 is 1.87 bits per heavy atom. The Morgan fingerprint density at radius 2 is 1.39 bits per heavy atom. The average Bonchev–Trinajstić information content (AvgIpc) is 2.73. The van der Waals surface area contributed by atoms with Gasteiger partial charge in [0, 0.05) is 0 Å². The van der Waals surface area contributed by atoms with Crippen molar-refractivity contribution in [2.45, 2.75) is 13.3 Å². The fraction of sp³-hybridized carbons (Fsp3) is 0.130. The first-order valence-electron chi connectivity index (χ1n) is 9.09. The molecule has 0 amide bonds. The van der Waals surface area contributed by atoms with Gasteiger partial charge in [-0.05, 0) is 54.5 Å². The minimum atomic E-state index is -1.10. The van der Waals surface area contributed by atoms with Crippen molar-refractivity contribution in [3.05, 3.63) is 94.3 Å². The minimum Gasteiger partial charge on any atom is -0.508 e. The number of rotatable bonds is 8. The zero-order valence-corrected chi connectivity index (χ0v) is 16.4. The average molecular weight is 434 g/mol. The zero-order valence-electron chi connectivity index (χ0n) is 16.4. The molecule has 0 atom stereocenters. The number of carbonyl (C=O) groups excluding carboxylic acids is 2. The Bertz CT molecular complexity index is 1070. The van der Waals surface area contributed by atoms with Crippen LogP contribution in [0.2, 0.25) is 0 Å². The number of esters is 1. The number of ketones is 1. The Labute approximate surface area is 175 Å². The van der Waals surface area contributed by atoms with Crippen molar-refractivity contribution in [2.24, 2.45) is 0 Å². The summed E-state index contributed by atoms with van der Waals surface area (Å²) in [6, 6.07) is 6.02. The van der Waals surface area contributed by atoms with Crippen LogP contribution < -0.4 is 0 Å². The van der Waals surface area contributed by atoms with E-state index in [1.807, 2.05) is 0 Å². The lowest BCUT2D eigenvalue weighted by molar-refractivity contribution is -0.142. The summed E-state index contributed by atoms with van der Waals surface area (Å²) in [5, 5.41) is 10.3. The van der Waals surface area contributed by atoms with Crippen LogP contribution in [0.4, 0.5) is 17.6 Å². The van der Waals surface area contributed by atoms with Gasteiger partial charge in [-0.2, -0.15) is 0 Å². The summed E-state index contributed by atoms with van der Waals surface area (Å²) < 4.78 is 57.4. The van der Waals surface area contributed by atoms with Crippen LogP contribution in [0, 0.1) is 23.3 Å². The molecule has 0 fully saturated rings. The molecule has 2 aromatic carbocycles. The lowest BCUT2D eigenvalue weighted by Crippen LogP contribution is -2.11. The van der Waals surface area contributed by atoms with Crippen molar-refractivity contribution in [3.8, 4) is 0 Å². The van der Waals surface area contributed by atoms with Crippen molar-refractivity contribution in [2.75, 3.05) is 6.61 Å². The third-order valence-electron chi connectivity index (χ3n) is 3.98. The molecule has 0 unspecified atom stereocenters. The van der Waals surface area contributed by atoms with E-state index in [1.165, 1.54) is 24.3 Å². The third-order valence-corrected chi connectivity index (χ3v) is 3.98. The zero-order chi connectivity index (χ0) is 23.0. The van der Waals surface area contributed by atoms with Gasteiger partial charge < -0.3 is 9.84 Å². The number of allylic oxidation sites excluding steroid dienone is 2. The van der Waals surface area contributed by atoms with E-state index in [0.29, 0.717) is 0 Å². The second kappa shape index (κ2) is 10.9. The van der Waals surface area contributed by atoms with Crippen LogP contribution in [0.15, 0.2) is 59.9 Å². The molecule has 0 radical (unpaired) electrons. The van der Waals surface area contributed by atoms with Gasteiger partial charge in [-0.3, -0.25) is 9.59 Å². The smallest absolute Gasteiger partial charge is 0.310 e. The molecule has 162 valence electrons. The second-order valence-corrected chi connectivity index (χ2v) is 6.22. The van der Waals surface area contributed by atoms with Gasteiger partial charge in [0.1, 0.15) is 5.76 Å². The molecule has 8 heteroatoms. The topological polar surface area (TPSA) is 63.6 Å². The number of benzene rings is 2. The maximum Gasteiger partial charge on any atom is 0.310 e. The van der Waals surface area contributed by atoms with Crippen LogP contribution in [-0.2, 0) is 14.3 Å². The number of aliphatic hydroxyl groups is 1. The molecule has 2 rings (SSSR count). The summed E-state index contributed by atoms with van der Waals surface area (Å²) in [5.41, 5.74) is 0.0429. The van der Waals surface area contributed by atoms with E-state index in [4.69, 9.17) is 4.74 Å². The van der Waals surface area contributed by atoms with Crippen molar-refractivity contribution in [1.82, 2.24) is 0 Å². The quantitative estimate of drug-likeness (QED) is 0.201. The Morgan fingerprint density at radius 1 is 0.871 bits per heavy atom. The van der Waals surface area contributed by atoms with Crippen LogP contribution in [0.5, 0.6) is 0 Å². The van der Waals surface area contributed by atoms with Gasteiger partial charge in [0.25, 0.3) is 0 Å². The number of ether oxygens (including phenoxy) is 1. The van der Waals surface area contributed by atoms with E-state index in [1.54, 1.807) is 6.92 Å². The second-order valence-electron chi connectivity index (χ2n) is 6.22. The molecular weight excluding hydrogens is 416 g/mol. The highest BCUT2D eigenvalue weighted by Gasteiger charge is 2.17. The third kappa shape index (κ3) is 6.95. The Kier molecular flexibility index (Phi) is 8.31. The maximum atomic E-state index is 13.3. The van der Waals surface area contributed by atoms with Gasteiger partial charge in [0.2, 0.25) is 0 Å². The van der Waals surface area contributed by atoms with Gasteiger partial charge in [-0.25, -0.2) is 17.6 Å². The van der Waals surface area contributed by atoms with E-state index >= 15 is 0 Å². The van der Waals surface area contributed by atoms with Crippen molar-refractivity contribution in [1.29, 1.82) is 0 Å². The summed E-state index contributed by atoms with van der Waals surface area (Å²) in [5.74, 6) is -6.45. The molecule has 0 spiro atoms. The highest BCUT2D eigenvalue weighted by molar-refractivity contribution is 6.09. The normalized spacial score (nSPS) is 12.3. The largest absolute Gasteiger partial charge is 0.508 e. The van der Waals surface area contributed by atoms with Gasteiger partial charge in [-0.15, -0.1) is 0 Å². The first-order valence-corrected chi connectivity index (χ1v) is 9.09. The molecule has 0 saturated carbocycles. The summed E-state index contributed by atoms with van der Waals surface area (Å²) >= 11 is 0. The molecule has 0 aliphatic rings. The number of halogens is 4. The number of hydrogen-bond acceptors (Lipinski definition) is 4. The van der Waals surface area contributed by atoms with Gasteiger partial charge in [0.15, 0.2) is 29.1 Å². The van der Waals surface area contributed by atoms with E-state index in [0.717, 1.165) is 36.4 Å². The standard InChI is InChI=1S/C23H18F4O4/c1-2-31-23(30)13-16(21(28)9-5-14-3-7-17(24)19(26)11-14)22(29)10-6-15-4-8-18(25)20(27)12-15/h3-12,28H,2,13H2,1H3/b9-5+,10-6+,21-16?. The Balaban J connectivity index is 2.32. The van der Waals surface area contributed by atoms with Gasteiger partial charge >= 0.3 is 5.97 Å². The summed E-state index contributed by atoms with van der Waals surface area (Å²) in [6.45, 7) is 1.62. The van der Waals surface area contributed by atoms with E-state index in [9.17, 15) is 32.3 Å². The lowest BCUT2D eigenvalue weighted by Gasteiger charge is -2.06. The number of aliphatic hydroxyl groups excluding tert-OH is 1. The predicted octanol–water partition coefficient (Wildman–Crippen LogP) is 5.30. The minimum absolute atomic E-state index is 0.0520. The first kappa shape index (κ1) is 23.6. The molecule has 0 bridgehead atoms. The lowest BCUT2D eigenvalue weighted by atomic mass is 10.0. The molecule has 0 aromatic heterocycles. The maximum absolute atomic E-state index is 13.3. The fourth-order valence-electron chi connectivity index (χ4n) is 2.44. The molecular formula is C23H18F4O4. The van der Waals surface area contributed by atoms with E-state index in [-0.39, 0.29) is 23.3 Å². The van der Waals surface area contributed by atoms with E-state index in [2.05, 4.69) is 0 Å². The molecule has 4 nitrogen and oxygen atoms in total. The molecule has 1 N–H and O–H groups in total. The summed E-state index contributed by atoms with van der Waals surface area (Å²) in [6.07, 6.45) is 3.86. The van der Waals surface area contributed by atoms with Crippen LogP contribution in [0.3, 0.4) is 0 Å². The Hall–Kier alpha value is -3.68. The van der Waals surface area contributed by atoms with Crippen LogP contribution in [0.1, 0.15) is 24.5 Å². The first-order chi connectivity index (χ1) is 14.7. The molecule has 31 heavy (non-hydrogen) atoms.